The number of benzene rings is 1. The van der Waals surface area contributed by atoms with E-state index in [0.717, 1.165) is 24.8 Å². The number of hydrogen-bond donors (Lipinski definition) is 2. The first kappa shape index (κ1) is 13.0. The number of alkyl halides is 1. The van der Waals surface area contributed by atoms with Gasteiger partial charge < -0.3 is 14.8 Å². The molecule has 0 heterocycles. The standard InChI is InChI=1S/C11H16BFO3/c1-2-3-4-9-5-6-10(12(14)15)11(7-9)16-8-13/h5-7,14-15H,2-4,8H2,1H3. The zero-order valence-corrected chi connectivity index (χ0v) is 9.32. The fraction of sp³-hybridized carbons (Fsp3) is 0.455. The van der Waals surface area contributed by atoms with Crippen molar-refractivity contribution in [3.05, 3.63) is 23.8 Å². The summed E-state index contributed by atoms with van der Waals surface area (Å²) in [6, 6.07) is 5.01. The lowest BCUT2D eigenvalue weighted by atomic mass is 9.79. The number of halogens is 1. The Morgan fingerprint density at radius 3 is 2.69 bits per heavy atom. The molecular formula is C11H16BFO3. The van der Waals surface area contributed by atoms with Crippen LogP contribution in [0.2, 0.25) is 0 Å². The molecule has 0 spiro atoms. The average Bonchev–Trinajstić information content (AvgIpc) is 2.26. The van der Waals surface area contributed by atoms with E-state index in [1.165, 1.54) is 0 Å². The predicted octanol–water partition coefficient (Wildman–Crippen LogP) is 1.01. The van der Waals surface area contributed by atoms with E-state index in [2.05, 4.69) is 6.92 Å². The minimum atomic E-state index is -1.64. The molecule has 0 atom stereocenters. The number of hydrogen-bond acceptors (Lipinski definition) is 3. The van der Waals surface area contributed by atoms with Crippen LogP contribution >= 0.6 is 0 Å². The van der Waals surface area contributed by atoms with E-state index >= 15 is 0 Å². The number of rotatable bonds is 6. The van der Waals surface area contributed by atoms with Crippen molar-refractivity contribution < 1.29 is 19.2 Å². The lowest BCUT2D eigenvalue weighted by Crippen LogP contribution is -2.31. The molecule has 1 aromatic carbocycles. The molecule has 5 heteroatoms. The van der Waals surface area contributed by atoms with Crippen molar-refractivity contribution in [3.8, 4) is 5.75 Å². The molecule has 16 heavy (non-hydrogen) atoms. The van der Waals surface area contributed by atoms with Crippen LogP contribution in [0.5, 0.6) is 5.75 Å². The normalized spacial score (nSPS) is 10.2. The van der Waals surface area contributed by atoms with Crippen LogP contribution in [0.25, 0.3) is 0 Å². The van der Waals surface area contributed by atoms with Gasteiger partial charge in [-0.25, -0.2) is 4.39 Å². The second kappa shape index (κ2) is 6.50. The minimum Gasteiger partial charge on any atom is -0.463 e. The van der Waals surface area contributed by atoms with Gasteiger partial charge in [-0.15, -0.1) is 0 Å². The third-order valence-electron chi connectivity index (χ3n) is 2.39. The highest BCUT2D eigenvalue weighted by Crippen LogP contribution is 2.14. The monoisotopic (exact) mass is 226 g/mol. The van der Waals surface area contributed by atoms with Crippen LogP contribution in [0.1, 0.15) is 25.3 Å². The van der Waals surface area contributed by atoms with Crippen molar-refractivity contribution in [2.24, 2.45) is 0 Å². The summed E-state index contributed by atoms with van der Waals surface area (Å²) in [5.74, 6) is 0.200. The molecule has 0 bridgehead atoms. The zero-order chi connectivity index (χ0) is 12.0. The van der Waals surface area contributed by atoms with Crippen molar-refractivity contribution in [2.75, 3.05) is 6.86 Å². The third kappa shape index (κ3) is 3.50. The van der Waals surface area contributed by atoms with E-state index in [4.69, 9.17) is 14.8 Å². The van der Waals surface area contributed by atoms with Gasteiger partial charge in [-0.05, 0) is 24.5 Å². The molecule has 0 saturated heterocycles. The first-order valence-corrected chi connectivity index (χ1v) is 5.36. The maximum atomic E-state index is 12.1. The summed E-state index contributed by atoms with van der Waals surface area (Å²) in [4.78, 5) is 0. The van der Waals surface area contributed by atoms with Crippen molar-refractivity contribution >= 4 is 12.6 Å². The third-order valence-corrected chi connectivity index (χ3v) is 2.39. The van der Waals surface area contributed by atoms with Gasteiger partial charge in [-0.1, -0.05) is 25.5 Å². The van der Waals surface area contributed by atoms with Crippen LogP contribution < -0.4 is 10.2 Å². The largest absolute Gasteiger partial charge is 0.492 e. The summed E-state index contributed by atoms with van der Waals surface area (Å²) >= 11 is 0. The quantitative estimate of drug-likeness (QED) is 0.712. The van der Waals surface area contributed by atoms with Crippen molar-refractivity contribution in [1.29, 1.82) is 0 Å². The maximum absolute atomic E-state index is 12.1. The molecule has 0 unspecified atom stereocenters. The molecule has 0 aliphatic heterocycles. The lowest BCUT2D eigenvalue weighted by Gasteiger charge is -2.10. The molecule has 0 radical (unpaired) electrons. The van der Waals surface area contributed by atoms with Crippen LogP contribution in [-0.4, -0.2) is 24.0 Å². The van der Waals surface area contributed by atoms with Crippen molar-refractivity contribution in [2.45, 2.75) is 26.2 Å². The van der Waals surface area contributed by atoms with Gasteiger partial charge in [0.2, 0.25) is 6.86 Å². The van der Waals surface area contributed by atoms with E-state index in [1.807, 2.05) is 0 Å². The van der Waals surface area contributed by atoms with E-state index in [-0.39, 0.29) is 11.2 Å². The van der Waals surface area contributed by atoms with Crippen LogP contribution in [0, 0.1) is 0 Å². The Morgan fingerprint density at radius 2 is 2.12 bits per heavy atom. The highest BCUT2D eigenvalue weighted by atomic mass is 19.1. The summed E-state index contributed by atoms with van der Waals surface area (Å²) < 4.78 is 16.9. The summed E-state index contributed by atoms with van der Waals surface area (Å²) in [7, 11) is -1.64. The molecule has 3 nitrogen and oxygen atoms in total. The van der Waals surface area contributed by atoms with Crippen LogP contribution in [0.4, 0.5) is 4.39 Å². The number of ether oxygens (including phenoxy) is 1. The Balaban J connectivity index is 2.88. The fourth-order valence-corrected chi connectivity index (χ4v) is 1.51. The van der Waals surface area contributed by atoms with Crippen molar-refractivity contribution in [1.82, 2.24) is 0 Å². The van der Waals surface area contributed by atoms with Gasteiger partial charge in [-0.2, -0.15) is 0 Å². The van der Waals surface area contributed by atoms with E-state index < -0.39 is 14.0 Å². The summed E-state index contributed by atoms with van der Waals surface area (Å²) in [6.07, 6.45) is 2.99. The topological polar surface area (TPSA) is 49.7 Å². The van der Waals surface area contributed by atoms with Crippen LogP contribution in [0.3, 0.4) is 0 Å². The fourth-order valence-electron chi connectivity index (χ4n) is 1.51. The highest BCUT2D eigenvalue weighted by molar-refractivity contribution is 6.59. The maximum Gasteiger partial charge on any atom is 0.492 e. The van der Waals surface area contributed by atoms with Gasteiger partial charge in [0.05, 0.1) is 0 Å². The van der Waals surface area contributed by atoms with Crippen molar-refractivity contribution in [3.63, 3.8) is 0 Å². The van der Waals surface area contributed by atoms with Gasteiger partial charge in [0.25, 0.3) is 0 Å². The highest BCUT2D eigenvalue weighted by Gasteiger charge is 2.17. The smallest absolute Gasteiger partial charge is 0.463 e. The second-order valence-electron chi connectivity index (χ2n) is 3.60. The molecule has 0 aliphatic carbocycles. The number of aryl methyl sites for hydroxylation is 1. The molecule has 1 aromatic rings. The van der Waals surface area contributed by atoms with Gasteiger partial charge in [0.15, 0.2) is 0 Å². The van der Waals surface area contributed by atoms with Gasteiger partial charge in [-0.3, -0.25) is 0 Å². The van der Waals surface area contributed by atoms with E-state index in [9.17, 15) is 4.39 Å². The SMILES string of the molecule is CCCCc1ccc(B(O)O)c(OCF)c1. The Kier molecular flexibility index (Phi) is 5.28. The molecule has 0 fully saturated rings. The molecule has 0 aromatic heterocycles. The van der Waals surface area contributed by atoms with E-state index in [1.54, 1.807) is 18.2 Å². The lowest BCUT2D eigenvalue weighted by molar-refractivity contribution is 0.192. The van der Waals surface area contributed by atoms with Gasteiger partial charge in [0, 0.05) is 5.46 Å². The molecular weight excluding hydrogens is 210 g/mol. The van der Waals surface area contributed by atoms with Crippen LogP contribution in [0.15, 0.2) is 18.2 Å². The second-order valence-corrected chi connectivity index (χ2v) is 3.60. The molecule has 0 amide bonds. The Labute approximate surface area is 95.0 Å². The zero-order valence-electron chi connectivity index (χ0n) is 9.32. The Morgan fingerprint density at radius 1 is 1.38 bits per heavy atom. The molecule has 1 rings (SSSR count). The minimum absolute atomic E-state index is 0.192. The summed E-state index contributed by atoms with van der Waals surface area (Å²) in [6.45, 7) is 1.11. The molecule has 0 saturated carbocycles. The Hall–Kier alpha value is -1.07. The molecule has 2 N–H and O–H groups in total. The molecule has 0 aliphatic rings. The molecule has 88 valence electrons. The predicted molar refractivity (Wildman–Crippen MR) is 61.5 cm³/mol. The Bertz CT molecular complexity index is 331. The summed E-state index contributed by atoms with van der Waals surface area (Å²) in [5, 5.41) is 18.1. The average molecular weight is 226 g/mol. The van der Waals surface area contributed by atoms with Gasteiger partial charge in [0.1, 0.15) is 5.75 Å². The van der Waals surface area contributed by atoms with Gasteiger partial charge >= 0.3 is 7.12 Å². The number of unbranched alkanes of at least 4 members (excludes halogenated alkanes) is 1. The first-order valence-electron chi connectivity index (χ1n) is 5.36. The van der Waals surface area contributed by atoms with Crippen LogP contribution in [-0.2, 0) is 6.42 Å². The first-order chi connectivity index (χ1) is 7.69. The summed E-state index contributed by atoms with van der Waals surface area (Å²) in [5.41, 5.74) is 1.20. The van der Waals surface area contributed by atoms with E-state index in [0.29, 0.717) is 0 Å².